The molecule has 4 rings (SSSR count). The van der Waals surface area contributed by atoms with Crippen LogP contribution < -0.4 is 10.5 Å². The molecular formula is C23H24F3N5O4. The first-order valence-electron chi connectivity index (χ1n) is 10.9. The number of methoxy groups -OCH3 is 1. The molecule has 1 amide bonds. The number of hydrogen-bond donors (Lipinski definition) is 2. The van der Waals surface area contributed by atoms with Crippen molar-refractivity contribution in [1.82, 2.24) is 14.9 Å². The second kappa shape index (κ2) is 9.17. The second-order valence-corrected chi connectivity index (χ2v) is 8.34. The molecule has 1 fully saturated rings. The van der Waals surface area contributed by atoms with Gasteiger partial charge in [0.15, 0.2) is 11.5 Å². The van der Waals surface area contributed by atoms with E-state index in [0.29, 0.717) is 29.5 Å². The molecule has 2 atom stereocenters. The van der Waals surface area contributed by atoms with Gasteiger partial charge in [-0.1, -0.05) is 5.16 Å². The molecule has 9 nitrogen and oxygen atoms in total. The number of aromatic nitrogens is 2. The summed E-state index contributed by atoms with van der Waals surface area (Å²) in [6.07, 6.45) is -2.65. The van der Waals surface area contributed by atoms with Crippen LogP contribution in [0.4, 0.5) is 13.2 Å². The Morgan fingerprint density at radius 2 is 2.06 bits per heavy atom. The van der Waals surface area contributed by atoms with E-state index in [-0.39, 0.29) is 34.7 Å². The highest BCUT2D eigenvalue weighted by molar-refractivity contribution is 6.01. The molecule has 1 saturated carbocycles. The topological polar surface area (TPSA) is 127 Å². The first kappa shape index (κ1) is 24.5. The smallest absolute Gasteiger partial charge is 0.433 e. The van der Waals surface area contributed by atoms with Gasteiger partial charge in [0.2, 0.25) is 5.89 Å². The number of ether oxygens (including phenoxy) is 1. The van der Waals surface area contributed by atoms with E-state index >= 15 is 0 Å². The van der Waals surface area contributed by atoms with Crippen molar-refractivity contribution in [3.05, 3.63) is 41.4 Å². The molecule has 1 aliphatic rings. The van der Waals surface area contributed by atoms with Crippen molar-refractivity contribution in [2.45, 2.75) is 44.4 Å². The summed E-state index contributed by atoms with van der Waals surface area (Å²) in [5, 5.41) is 12.9. The third-order valence-electron chi connectivity index (χ3n) is 6.04. The Kier molecular flexibility index (Phi) is 6.41. The van der Waals surface area contributed by atoms with Gasteiger partial charge in [-0.3, -0.25) is 4.79 Å². The van der Waals surface area contributed by atoms with Crippen LogP contribution in [0.15, 0.2) is 33.8 Å². The summed E-state index contributed by atoms with van der Waals surface area (Å²) in [7, 11) is 2.91. The van der Waals surface area contributed by atoms with E-state index in [2.05, 4.69) is 15.1 Å². The molecule has 2 heterocycles. The van der Waals surface area contributed by atoms with E-state index in [1.54, 1.807) is 20.0 Å². The second-order valence-electron chi connectivity index (χ2n) is 8.34. The molecular weight excluding hydrogens is 467 g/mol. The lowest BCUT2D eigenvalue weighted by molar-refractivity contribution is -0.140. The number of pyridine rings is 1. The lowest BCUT2D eigenvalue weighted by atomic mass is 10.1. The molecule has 3 aromatic rings. The van der Waals surface area contributed by atoms with Gasteiger partial charge in [0.1, 0.15) is 17.0 Å². The molecule has 1 aromatic carbocycles. The third kappa shape index (κ3) is 4.41. The van der Waals surface area contributed by atoms with Crippen molar-refractivity contribution in [2.75, 3.05) is 14.2 Å². The maximum Gasteiger partial charge on any atom is 0.433 e. The van der Waals surface area contributed by atoms with E-state index in [1.807, 2.05) is 0 Å². The van der Waals surface area contributed by atoms with Gasteiger partial charge in [0.05, 0.1) is 24.9 Å². The summed E-state index contributed by atoms with van der Waals surface area (Å²) in [5.74, 6) is -0.204. The minimum Gasteiger partial charge on any atom is -0.494 e. The number of alkyl halides is 3. The molecule has 0 aliphatic heterocycles. The molecule has 12 heteroatoms. The van der Waals surface area contributed by atoms with Gasteiger partial charge < -0.3 is 25.0 Å². The quantitative estimate of drug-likeness (QED) is 0.400. The van der Waals surface area contributed by atoms with Crippen molar-refractivity contribution in [1.29, 1.82) is 0 Å². The van der Waals surface area contributed by atoms with Crippen LogP contribution in [0.3, 0.4) is 0 Å². The van der Waals surface area contributed by atoms with Gasteiger partial charge in [-0.2, -0.15) is 13.2 Å². The summed E-state index contributed by atoms with van der Waals surface area (Å²) in [4.78, 5) is 22.9. The molecule has 0 bridgehead atoms. The molecule has 1 aliphatic carbocycles. The fraction of sp³-hybridized carbons (Fsp3) is 0.391. The average molecular weight is 491 g/mol. The van der Waals surface area contributed by atoms with Gasteiger partial charge in [-0.15, -0.1) is 0 Å². The Labute approximate surface area is 198 Å². The zero-order valence-electron chi connectivity index (χ0n) is 19.3. The van der Waals surface area contributed by atoms with Crippen LogP contribution in [0.5, 0.6) is 5.75 Å². The van der Waals surface area contributed by atoms with E-state index in [0.717, 1.165) is 12.5 Å². The molecule has 186 valence electrons. The number of benzene rings is 1. The number of rotatable bonds is 5. The number of hydrogen-bond acceptors (Lipinski definition) is 8. The molecule has 0 saturated heterocycles. The summed E-state index contributed by atoms with van der Waals surface area (Å²) in [5.41, 5.74) is 5.75. The van der Waals surface area contributed by atoms with Crippen molar-refractivity contribution in [2.24, 2.45) is 10.9 Å². The molecule has 1 unspecified atom stereocenters. The first-order chi connectivity index (χ1) is 16.6. The van der Waals surface area contributed by atoms with Crippen LogP contribution in [0.25, 0.3) is 22.4 Å². The Hall–Kier alpha value is -3.67. The average Bonchev–Trinajstić information content (AvgIpc) is 3.49. The van der Waals surface area contributed by atoms with E-state index in [1.165, 1.54) is 24.1 Å². The maximum absolute atomic E-state index is 13.3. The van der Waals surface area contributed by atoms with Gasteiger partial charge >= 0.3 is 6.18 Å². The largest absolute Gasteiger partial charge is 0.494 e. The monoisotopic (exact) mass is 491 g/mol. The highest BCUT2D eigenvalue weighted by atomic mass is 19.4. The zero-order valence-corrected chi connectivity index (χ0v) is 19.3. The predicted molar refractivity (Wildman–Crippen MR) is 120 cm³/mol. The van der Waals surface area contributed by atoms with Crippen LogP contribution >= 0.6 is 0 Å². The SMILES string of the molecule is COc1ccc(-c2nc(C(=O)N(C)C3CCCC3=NO)c([C@H](C)N)o2)c2ccc(C(F)(F)F)nc12. The van der Waals surface area contributed by atoms with Gasteiger partial charge in [0.25, 0.3) is 5.91 Å². The van der Waals surface area contributed by atoms with Gasteiger partial charge in [-0.05, 0) is 50.5 Å². The number of oxazole rings is 1. The molecule has 2 aromatic heterocycles. The Balaban J connectivity index is 1.82. The summed E-state index contributed by atoms with van der Waals surface area (Å²) in [6.45, 7) is 1.63. The van der Waals surface area contributed by atoms with Crippen LogP contribution in [-0.2, 0) is 6.18 Å². The van der Waals surface area contributed by atoms with Crippen molar-refractivity contribution < 1.29 is 32.3 Å². The lowest BCUT2D eigenvalue weighted by Gasteiger charge is -2.24. The van der Waals surface area contributed by atoms with Crippen molar-refractivity contribution >= 4 is 22.5 Å². The Bertz CT molecular complexity index is 1300. The van der Waals surface area contributed by atoms with Crippen LogP contribution in [0.2, 0.25) is 0 Å². The standard InChI is InChI=1S/C23H24F3N5O4/c1-11(27)20-19(22(32)31(2)15-6-4-5-14(15)30-33)29-21(35-20)13-7-9-16(34-3)18-12(13)8-10-17(28-18)23(24,25)26/h7-11,15,33H,4-6,27H2,1-3H3/t11-,15?/m0/s1. The van der Waals surface area contributed by atoms with Crippen molar-refractivity contribution in [3.8, 4) is 17.2 Å². The normalized spacial score (nSPS) is 18.3. The minimum atomic E-state index is -4.64. The number of oxime groups is 1. The highest BCUT2D eigenvalue weighted by Gasteiger charge is 2.35. The van der Waals surface area contributed by atoms with Gasteiger partial charge in [0, 0.05) is 18.0 Å². The lowest BCUT2D eigenvalue weighted by Crippen LogP contribution is -2.40. The first-order valence-corrected chi connectivity index (χ1v) is 10.9. The highest BCUT2D eigenvalue weighted by Crippen LogP contribution is 2.37. The molecule has 3 N–H and O–H groups in total. The molecule has 35 heavy (non-hydrogen) atoms. The van der Waals surface area contributed by atoms with Crippen LogP contribution in [-0.4, -0.2) is 51.9 Å². The van der Waals surface area contributed by atoms with E-state index < -0.39 is 23.8 Å². The number of halogens is 3. The summed E-state index contributed by atoms with van der Waals surface area (Å²) >= 11 is 0. The molecule has 0 spiro atoms. The third-order valence-corrected chi connectivity index (χ3v) is 6.04. The number of fused-ring (bicyclic) bond motifs is 1. The number of amides is 1. The van der Waals surface area contributed by atoms with Crippen LogP contribution in [0.1, 0.15) is 54.2 Å². The Morgan fingerprint density at radius 1 is 1.31 bits per heavy atom. The number of nitrogens with zero attached hydrogens (tertiary/aromatic N) is 4. The maximum atomic E-state index is 13.3. The summed E-state index contributed by atoms with van der Waals surface area (Å²) < 4.78 is 50.8. The van der Waals surface area contributed by atoms with E-state index in [9.17, 15) is 23.2 Å². The van der Waals surface area contributed by atoms with E-state index in [4.69, 9.17) is 14.9 Å². The Morgan fingerprint density at radius 3 is 2.69 bits per heavy atom. The number of carbonyl (C=O) groups excluding carboxylic acids is 1. The zero-order chi connectivity index (χ0) is 25.5. The fourth-order valence-electron chi connectivity index (χ4n) is 4.26. The van der Waals surface area contributed by atoms with Gasteiger partial charge in [-0.25, -0.2) is 9.97 Å². The van der Waals surface area contributed by atoms with Crippen molar-refractivity contribution in [3.63, 3.8) is 0 Å². The summed E-state index contributed by atoms with van der Waals surface area (Å²) in [6, 6.07) is 4.05. The van der Waals surface area contributed by atoms with Crippen LogP contribution in [0, 0.1) is 0 Å². The minimum absolute atomic E-state index is 0.00531. The molecule has 0 radical (unpaired) electrons. The predicted octanol–water partition coefficient (Wildman–Crippen LogP) is 4.39. The number of nitrogens with two attached hydrogens (primary N) is 1. The fourth-order valence-corrected chi connectivity index (χ4v) is 4.26. The number of carbonyl (C=O) groups is 1.